The second kappa shape index (κ2) is 9.91. The van der Waals surface area contributed by atoms with E-state index in [4.69, 9.17) is 4.98 Å². The van der Waals surface area contributed by atoms with Crippen LogP contribution in [0.2, 0.25) is 0 Å². The van der Waals surface area contributed by atoms with Crippen molar-refractivity contribution in [3.05, 3.63) is 192 Å². The van der Waals surface area contributed by atoms with Gasteiger partial charge >= 0.3 is 0 Å². The molecule has 3 heterocycles. The third-order valence-electron chi connectivity index (χ3n) is 11.5. The molecule has 236 valence electrons. The van der Waals surface area contributed by atoms with E-state index >= 15 is 0 Å². The fourth-order valence-electron chi connectivity index (χ4n) is 9.42. The number of pyridine rings is 1. The van der Waals surface area contributed by atoms with Crippen molar-refractivity contribution < 1.29 is 0 Å². The van der Waals surface area contributed by atoms with Gasteiger partial charge in [-0.3, -0.25) is 4.57 Å². The van der Waals surface area contributed by atoms with Crippen LogP contribution in [0.25, 0.3) is 81.2 Å². The zero-order valence-electron chi connectivity index (χ0n) is 27.5. The molecule has 0 unspecified atom stereocenters. The molecule has 0 saturated heterocycles. The van der Waals surface area contributed by atoms with E-state index in [0.717, 1.165) is 11.3 Å². The number of aromatic nitrogens is 2. The average molecular weight is 665 g/mol. The first kappa shape index (κ1) is 27.5. The maximum absolute atomic E-state index is 4.81. The highest BCUT2D eigenvalue weighted by molar-refractivity contribution is 7.25. The Hall–Kier alpha value is -6.29. The van der Waals surface area contributed by atoms with Crippen molar-refractivity contribution in [3.63, 3.8) is 0 Å². The van der Waals surface area contributed by atoms with Crippen LogP contribution in [0.5, 0.6) is 0 Å². The normalized spacial score (nSPS) is 13.6. The molecule has 0 N–H and O–H groups in total. The van der Waals surface area contributed by atoms with Crippen LogP contribution in [0.1, 0.15) is 22.3 Å². The Balaban J connectivity index is 1.01. The maximum Gasteiger partial charge on any atom is 0.145 e. The van der Waals surface area contributed by atoms with E-state index in [2.05, 4.69) is 162 Å². The van der Waals surface area contributed by atoms with E-state index in [9.17, 15) is 0 Å². The average Bonchev–Trinajstić information content (AvgIpc) is 3.91. The van der Waals surface area contributed by atoms with Gasteiger partial charge in [0.25, 0.3) is 0 Å². The van der Waals surface area contributed by atoms with E-state index in [1.807, 2.05) is 23.6 Å². The molecule has 12 rings (SSSR count). The minimum atomic E-state index is -0.309. The number of para-hydroxylation sites is 1. The second-order valence-electron chi connectivity index (χ2n) is 13.9. The molecule has 3 aromatic heterocycles. The summed E-state index contributed by atoms with van der Waals surface area (Å²) in [4.78, 5) is 4.81. The van der Waals surface area contributed by atoms with Gasteiger partial charge in [0.1, 0.15) is 5.65 Å². The summed E-state index contributed by atoms with van der Waals surface area (Å²) in [6, 6.07) is 60.9. The van der Waals surface area contributed by atoms with Gasteiger partial charge in [0.2, 0.25) is 0 Å². The van der Waals surface area contributed by atoms with Crippen molar-refractivity contribution >= 4 is 53.4 Å². The zero-order chi connectivity index (χ0) is 33.3. The summed E-state index contributed by atoms with van der Waals surface area (Å²) in [5.41, 5.74) is 16.4. The third-order valence-corrected chi connectivity index (χ3v) is 12.6. The minimum Gasteiger partial charge on any atom is -0.294 e. The third kappa shape index (κ3) is 3.49. The molecule has 0 aliphatic heterocycles. The number of hydrogen-bond acceptors (Lipinski definition) is 2. The van der Waals surface area contributed by atoms with Crippen LogP contribution in [0.3, 0.4) is 0 Å². The molecular formula is C48H28N2S. The Morgan fingerprint density at radius 3 is 1.76 bits per heavy atom. The van der Waals surface area contributed by atoms with E-state index in [0.29, 0.717) is 0 Å². The van der Waals surface area contributed by atoms with Gasteiger partial charge in [-0.1, -0.05) is 121 Å². The van der Waals surface area contributed by atoms with E-state index in [-0.39, 0.29) is 5.41 Å². The molecule has 2 aliphatic rings. The largest absolute Gasteiger partial charge is 0.294 e. The minimum absolute atomic E-state index is 0.309. The molecule has 2 nitrogen and oxygen atoms in total. The van der Waals surface area contributed by atoms with E-state index in [1.165, 1.54) is 92.1 Å². The Morgan fingerprint density at radius 1 is 0.431 bits per heavy atom. The highest BCUT2D eigenvalue weighted by Crippen LogP contribution is 2.63. The van der Waals surface area contributed by atoms with Crippen molar-refractivity contribution in [1.82, 2.24) is 9.55 Å². The monoisotopic (exact) mass is 664 g/mol. The quantitative estimate of drug-likeness (QED) is 0.180. The number of fused-ring (bicyclic) bond motifs is 16. The van der Waals surface area contributed by atoms with Gasteiger partial charge in [-0.15, -0.1) is 11.3 Å². The SMILES string of the molecule is c1ccc2c(c1)-c1ccccc1C21c2ccccc2-c2cc(-c3ccc4c(c3)sc3cc(-n5c6ccccc6c6cccnc65)ccc34)ccc21. The van der Waals surface area contributed by atoms with Gasteiger partial charge in [-0.25, -0.2) is 4.98 Å². The first-order valence-electron chi connectivity index (χ1n) is 17.5. The smallest absolute Gasteiger partial charge is 0.145 e. The molecular weight excluding hydrogens is 637 g/mol. The van der Waals surface area contributed by atoms with Crippen LogP contribution in [0.4, 0.5) is 0 Å². The maximum atomic E-state index is 4.81. The molecule has 0 fully saturated rings. The zero-order valence-corrected chi connectivity index (χ0v) is 28.3. The number of hydrogen-bond donors (Lipinski definition) is 0. The summed E-state index contributed by atoms with van der Waals surface area (Å²) >= 11 is 1.87. The van der Waals surface area contributed by atoms with Crippen molar-refractivity contribution in [2.45, 2.75) is 5.41 Å². The Bertz CT molecular complexity index is 3010. The lowest BCUT2D eigenvalue weighted by Crippen LogP contribution is -2.25. The Morgan fingerprint density at radius 2 is 1.00 bits per heavy atom. The van der Waals surface area contributed by atoms with Crippen molar-refractivity contribution in [2.75, 3.05) is 0 Å². The lowest BCUT2D eigenvalue weighted by Gasteiger charge is -2.30. The van der Waals surface area contributed by atoms with Gasteiger partial charge in [0.15, 0.2) is 0 Å². The van der Waals surface area contributed by atoms with Crippen LogP contribution in [0, 0.1) is 0 Å². The standard InChI is InChI=1S/C48H28N2S/c1-5-15-40-32(10-1)33-11-2-6-16-41(33)48(40)42-17-7-3-12-34(42)39-26-29(20-24-43(39)48)30-19-22-36-37-23-21-31(28-46(37)51-45(36)27-30)50-44-18-8-4-13-35(44)38-14-9-25-49-47(38)50/h1-28H. The predicted octanol–water partition coefficient (Wildman–Crippen LogP) is 12.6. The van der Waals surface area contributed by atoms with Gasteiger partial charge in [0, 0.05) is 42.8 Å². The molecule has 0 saturated carbocycles. The lowest BCUT2D eigenvalue weighted by atomic mass is 9.70. The van der Waals surface area contributed by atoms with Gasteiger partial charge in [-0.2, -0.15) is 0 Å². The molecule has 0 amide bonds. The van der Waals surface area contributed by atoms with Gasteiger partial charge < -0.3 is 0 Å². The summed E-state index contributed by atoms with van der Waals surface area (Å²) in [6.07, 6.45) is 1.89. The fraction of sp³-hybridized carbons (Fsp3) is 0.0208. The molecule has 51 heavy (non-hydrogen) atoms. The number of thiophene rings is 1. The summed E-state index contributed by atoms with van der Waals surface area (Å²) in [6.45, 7) is 0. The van der Waals surface area contributed by atoms with Crippen LogP contribution in [-0.4, -0.2) is 9.55 Å². The fourth-order valence-corrected chi connectivity index (χ4v) is 10.6. The molecule has 0 radical (unpaired) electrons. The molecule has 3 heteroatoms. The van der Waals surface area contributed by atoms with Crippen molar-refractivity contribution in [1.29, 1.82) is 0 Å². The molecule has 1 spiro atoms. The van der Waals surface area contributed by atoms with Gasteiger partial charge in [-0.05, 0) is 98.1 Å². The Labute approximate surface area is 298 Å². The summed E-state index contributed by atoms with van der Waals surface area (Å²) in [5.74, 6) is 0. The van der Waals surface area contributed by atoms with Crippen LogP contribution in [-0.2, 0) is 5.41 Å². The van der Waals surface area contributed by atoms with E-state index in [1.54, 1.807) is 0 Å². The second-order valence-corrected chi connectivity index (χ2v) is 15.0. The summed E-state index contributed by atoms with van der Waals surface area (Å²) in [7, 11) is 0. The molecule has 0 atom stereocenters. The highest BCUT2D eigenvalue weighted by atomic mass is 32.1. The Kier molecular flexibility index (Phi) is 5.35. The number of benzene rings is 7. The van der Waals surface area contributed by atoms with Crippen LogP contribution >= 0.6 is 11.3 Å². The highest BCUT2D eigenvalue weighted by Gasteiger charge is 2.51. The van der Waals surface area contributed by atoms with Crippen molar-refractivity contribution in [2.24, 2.45) is 0 Å². The molecule has 7 aromatic carbocycles. The molecule has 2 aliphatic carbocycles. The van der Waals surface area contributed by atoms with Crippen LogP contribution in [0.15, 0.2) is 170 Å². The number of nitrogens with zero attached hydrogens (tertiary/aromatic N) is 2. The predicted molar refractivity (Wildman–Crippen MR) is 213 cm³/mol. The van der Waals surface area contributed by atoms with Gasteiger partial charge in [0.05, 0.1) is 10.9 Å². The van der Waals surface area contributed by atoms with Crippen molar-refractivity contribution in [3.8, 4) is 39.1 Å². The van der Waals surface area contributed by atoms with E-state index < -0.39 is 0 Å². The number of rotatable bonds is 2. The summed E-state index contributed by atoms with van der Waals surface area (Å²) in [5, 5.41) is 5.00. The molecule has 10 aromatic rings. The lowest BCUT2D eigenvalue weighted by molar-refractivity contribution is 0.794. The first-order valence-corrected chi connectivity index (χ1v) is 18.4. The topological polar surface area (TPSA) is 17.8 Å². The van der Waals surface area contributed by atoms with Crippen LogP contribution < -0.4 is 0 Å². The summed E-state index contributed by atoms with van der Waals surface area (Å²) < 4.78 is 4.89. The molecule has 0 bridgehead atoms. The first-order chi connectivity index (χ1) is 25.3.